The molecule has 68 heavy (non-hydrogen) atoms. The lowest BCUT2D eigenvalue weighted by atomic mass is 9.92. The summed E-state index contributed by atoms with van der Waals surface area (Å²) in [6.45, 7) is 7.76. The highest BCUT2D eigenvalue weighted by Crippen LogP contribution is 2.44. The molecule has 0 unspecified atom stereocenters. The number of aryl methyl sites for hydroxylation is 4. The Kier molecular flexibility index (Phi) is 11.5. The van der Waals surface area contributed by atoms with Crippen molar-refractivity contribution in [1.82, 2.24) is 34.7 Å². The molecule has 2 saturated heterocycles. The van der Waals surface area contributed by atoms with Crippen LogP contribution in [-0.4, -0.2) is 63.7 Å². The number of carbonyl (C=O) groups is 2. The number of aromatic nitrogens is 6. The summed E-state index contributed by atoms with van der Waals surface area (Å²) in [5.41, 5.74) is 10.7. The molecular formula is C54H58N8O6. The van der Waals surface area contributed by atoms with Crippen LogP contribution < -0.4 is 10.2 Å². The highest BCUT2D eigenvalue weighted by Gasteiger charge is 2.39. The van der Waals surface area contributed by atoms with E-state index in [1.54, 1.807) is 0 Å². The maximum absolute atomic E-state index is 13.5. The minimum absolute atomic E-state index is 0.0516. The van der Waals surface area contributed by atoms with Crippen LogP contribution >= 0.6 is 0 Å². The zero-order valence-electron chi connectivity index (χ0n) is 39.1. The van der Waals surface area contributed by atoms with E-state index >= 15 is 0 Å². The van der Waals surface area contributed by atoms with Gasteiger partial charge in [-0.1, -0.05) is 58.8 Å². The number of aliphatic hydroxyl groups excluding tert-OH is 2. The number of hydrogen-bond acceptors (Lipinski definition) is 10. The maximum atomic E-state index is 13.5. The summed E-state index contributed by atoms with van der Waals surface area (Å²) >= 11 is 0. The summed E-state index contributed by atoms with van der Waals surface area (Å²) < 4.78 is 15.5. The van der Waals surface area contributed by atoms with Gasteiger partial charge in [-0.3, -0.25) is 9.59 Å². The van der Waals surface area contributed by atoms with Crippen molar-refractivity contribution in [1.29, 1.82) is 0 Å². The van der Waals surface area contributed by atoms with E-state index in [0.29, 0.717) is 18.9 Å². The number of rotatable bonds is 7. The standard InChI is InChI=1S/C32H32N4O3.C22H26N4O3/c1-19-31(20(2)39-34-19)22-10-15-28-26(18-22)33-32(35(28)23-11-13-24(37)14-12-23)29-16-17-30(38)36(29)27-9-5-7-21-6-3-4-8-25(21)27;1-12-21(13(2)29-25-12)14-3-9-19-18(11-14)24-22(17-8-10-20(28)23-17)26(19)15-4-6-16(27)7-5-15/h3-10,15,18,23-24,29,37H,11-14,16-17H2,1-2H3;3,9,11,15-17,27H,4-8,10H2,1-2H3,(H,23,28)/t23?,24?,29-;15?,16?,17-/m00/s1. The van der Waals surface area contributed by atoms with Gasteiger partial charge in [0.2, 0.25) is 11.8 Å². The lowest BCUT2D eigenvalue weighted by molar-refractivity contribution is -0.119. The van der Waals surface area contributed by atoms with Gasteiger partial charge in [-0.25, -0.2) is 9.97 Å². The van der Waals surface area contributed by atoms with Gasteiger partial charge in [-0.05, 0) is 139 Å². The Bertz CT molecular complexity index is 3160. The van der Waals surface area contributed by atoms with E-state index in [1.165, 1.54) is 0 Å². The van der Waals surface area contributed by atoms with Crippen molar-refractivity contribution in [3.63, 3.8) is 0 Å². The molecule has 0 bridgehead atoms. The molecule has 3 N–H and O–H groups in total. The molecule has 2 atom stereocenters. The van der Waals surface area contributed by atoms with E-state index < -0.39 is 0 Å². The summed E-state index contributed by atoms with van der Waals surface area (Å²) in [4.78, 5) is 37.6. The average Bonchev–Trinajstić information content (AvgIpc) is 4.22. The topological polar surface area (TPSA) is 178 Å². The first-order valence-electron chi connectivity index (χ1n) is 24.4. The second kappa shape index (κ2) is 17.8. The van der Waals surface area contributed by atoms with Crippen LogP contribution in [0.1, 0.15) is 136 Å². The molecule has 4 aromatic carbocycles. The highest BCUT2D eigenvalue weighted by atomic mass is 16.5. The predicted molar refractivity (Wildman–Crippen MR) is 260 cm³/mol. The van der Waals surface area contributed by atoms with Crippen molar-refractivity contribution >= 4 is 50.3 Å². The summed E-state index contributed by atoms with van der Waals surface area (Å²) in [6, 6.07) is 27.4. The molecule has 4 aliphatic rings. The van der Waals surface area contributed by atoms with Gasteiger partial charge in [0.25, 0.3) is 0 Å². The van der Waals surface area contributed by atoms with E-state index in [9.17, 15) is 19.8 Å². The Balaban J connectivity index is 0.000000156. The van der Waals surface area contributed by atoms with Crippen LogP contribution in [0.5, 0.6) is 0 Å². The first kappa shape index (κ1) is 43.9. The molecule has 4 aromatic heterocycles. The molecule has 350 valence electrons. The van der Waals surface area contributed by atoms with Crippen molar-refractivity contribution in [2.75, 3.05) is 4.90 Å². The first-order valence-corrected chi connectivity index (χ1v) is 24.4. The second-order valence-corrected chi connectivity index (χ2v) is 19.4. The van der Waals surface area contributed by atoms with Crippen LogP contribution in [0.2, 0.25) is 0 Å². The molecule has 2 aliphatic heterocycles. The number of aliphatic hydroxyl groups is 2. The molecule has 4 fully saturated rings. The van der Waals surface area contributed by atoms with Crippen LogP contribution in [0.3, 0.4) is 0 Å². The van der Waals surface area contributed by atoms with E-state index in [4.69, 9.17) is 19.0 Å². The summed E-state index contributed by atoms with van der Waals surface area (Å²) in [5.74, 6) is 3.67. The predicted octanol–water partition coefficient (Wildman–Crippen LogP) is 10.5. The number of amides is 2. The fourth-order valence-corrected chi connectivity index (χ4v) is 11.7. The zero-order chi connectivity index (χ0) is 46.8. The van der Waals surface area contributed by atoms with E-state index in [1.807, 2.05) is 50.8 Å². The van der Waals surface area contributed by atoms with Crippen molar-refractivity contribution in [3.8, 4) is 22.3 Å². The lowest BCUT2D eigenvalue weighted by Gasteiger charge is -2.32. The van der Waals surface area contributed by atoms with Gasteiger partial charge in [0.1, 0.15) is 23.2 Å². The minimum atomic E-state index is -0.245. The number of carbonyl (C=O) groups excluding carboxylic acids is 2. The average molecular weight is 915 g/mol. The molecule has 0 radical (unpaired) electrons. The van der Waals surface area contributed by atoms with Crippen molar-refractivity contribution in [3.05, 3.63) is 113 Å². The molecule has 6 heterocycles. The third kappa shape index (κ3) is 7.86. The summed E-state index contributed by atoms with van der Waals surface area (Å²) in [7, 11) is 0. The second-order valence-electron chi connectivity index (χ2n) is 19.4. The highest BCUT2D eigenvalue weighted by molar-refractivity contribution is 6.05. The normalized spacial score (nSPS) is 23.2. The molecule has 0 spiro atoms. The quantitative estimate of drug-likeness (QED) is 0.139. The van der Waals surface area contributed by atoms with Crippen molar-refractivity contribution < 1.29 is 28.8 Å². The van der Waals surface area contributed by atoms with Crippen LogP contribution in [0.25, 0.3) is 55.1 Å². The monoisotopic (exact) mass is 914 g/mol. The lowest BCUT2D eigenvalue weighted by Crippen LogP contribution is -2.31. The number of anilines is 1. The van der Waals surface area contributed by atoms with Gasteiger partial charge >= 0.3 is 0 Å². The van der Waals surface area contributed by atoms with E-state index in [2.05, 4.69) is 85.4 Å². The van der Waals surface area contributed by atoms with Gasteiger partial charge in [-0.2, -0.15) is 0 Å². The Morgan fingerprint density at radius 1 is 0.603 bits per heavy atom. The Morgan fingerprint density at radius 3 is 1.69 bits per heavy atom. The summed E-state index contributed by atoms with van der Waals surface area (Å²) in [6.07, 6.45) is 8.86. The van der Waals surface area contributed by atoms with Gasteiger partial charge in [-0.15, -0.1) is 0 Å². The molecule has 14 nitrogen and oxygen atoms in total. The van der Waals surface area contributed by atoms with Gasteiger partial charge < -0.3 is 38.6 Å². The fraction of sp³-hybridized carbons (Fsp3) is 0.407. The Hall–Kier alpha value is -6.64. The van der Waals surface area contributed by atoms with Crippen LogP contribution in [-0.2, 0) is 9.59 Å². The number of fused-ring (bicyclic) bond motifs is 3. The smallest absolute Gasteiger partial charge is 0.227 e. The largest absolute Gasteiger partial charge is 0.393 e. The van der Waals surface area contributed by atoms with Crippen molar-refractivity contribution in [2.45, 2.75) is 141 Å². The first-order chi connectivity index (χ1) is 33.0. The van der Waals surface area contributed by atoms with Gasteiger partial charge in [0.05, 0.1) is 63.4 Å². The zero-order valence-corrected chi connectivity index (χ0v) is 39.1. The number of nitrogens with zero attached hydrogens (tertiary/aromatic N) is 7. The number of nitrogens with one attached hydrogen (secondary N) is 1. The van der Waals surface area contributed by atoms with Crippen molar-refractivity contribution in [2.24, 2.45) is 0 Å². The molecule has 12 rings (SSSR count). The van der Waals surface area contributed by atoms with Crippen LogP contribution in [0.15, 0.2) is 87.9 Å². The molecule has 2 aliphatic carbocycles. The minimum Gasteiger partial charge on any atom is -0.393 e. The Labute approximate surface area is 394 Å². The van der Waals surface area contributed by atoms with Crippen LogP contribution in [0, 0.1) is 27.7 Å². The maximum Gasteiger partial charge on any atom is 0.227 e. The van der Waals surface area contributed by atoms with Gasteiger partial charge in [0.15, 0.2) is 0 Å². The van der Waals surface area contributed by atoms with Crippen LogP contribution in [0.4, 0.5) is 5.69 Å². The van der Waals surface area contributed by atoms with E-state index in [0.717, 1.165) is 160 Å². The fourth-order valence-electron chi connectivity index (χ4n) is 11.7. The molecular weight excluding hydrogens is 857 g/mol. The third-order valence-corrected chi connectivity index (χ3v) is 15.0. The summed E-state index contributed by atoms with van der Waals surface area (Å²) in [5, 5.41) is 33.7. The Morgan fingerprint density at radius 2 is 1.15 bits per heavy atom. The molecule has 2 amide bonds. The molecule has 8 aromatic rings. The van der Waals surface area contributed by atoms with E-state index in [-0.39, 0.29) is 42.1 Å². The molecule has 14 heteroatoms. The third-order valence-electron chi connectivity index (χ3n) is 15.0. The number of hydrogen-bond donors (Lipinski definition) is 3. The number of benzene rings is 4. The molecule has 2 saturated carbocycles. The van der Waals surface area contributed by atoms with Gasteiger partial charge in [0, 0.05) is 41.4 Å². The number of imidazole rings is 2. The SMILES string of the molecule is Cc1noc(C)c1-c1ccc2c(c1)nc([C@@H]1CCC(=O)N1)n2C1CCC(O)CC1.Cc1noc(C)c1-c1ccc2c(c1)nc([C@@H]1CCC(=O)N1c1cccc3ccccc13)n2C1CCC(O)CC1.